The third-order valence-electron chi connectivity index (χ3n) is 2.14. The maximum atomic E-state index is 11.3. The predicted molar refractivity (Wildman–Crippen MR) is 50.1 cm³/mol. The van der Waals surface area contributed by atoms with Crippen molar-refractivity contribution < 1.29 is 13.2 Å². The first kappa shape index (κ1) is 11.0. The van der Waals surface area contributed by atoms with E-state index in [2.05, 4.69) is 0 Å². The summed E-state index contributed by atoms with van der Waals surface area (Å²) in [6, 6.07) is 1.77. The standard InChI is InChI=1S/C8H12N2O3S/c9-3-2-8(11)10-4-1-6-14(12,13)7-5-10/h1-2,4-7H2. The Morgan fingerprint density at radius 3 is 2.71 bits per heavy atom. The molecule has 0 aromatic carbocycles. The van der Waals surface area contributed by atoms with Gasteiger partial charge in [-0.3, -0.25) is 4.79 Å². The summed E-state index contributed by atoms with van der Waals surface area (Å²) in [5.41, 5.74) is 0. The van der Waals surface area contributed by atoms with Crippen molar-refractivity contribution >= 4 is 15.7 Å². The predicted octanol–water partition coefficient (Wildman–Crippen LogP) is -0.453. The molecular formula is C8H12N2O3S. The Kier molecular flexibility index (Phi) is 3.47. The number of nitriles is 1. The van der Waals surface area contributed by atoms with Gasteiger partial charge in [-0.1, -0.05) is 0 Å². The number of amides is 1. The van der Waals surface area contributed by atoms with Gasteiger partial charge in [-0.2, -0.15) is 5.26 Å². The Labute approximate surface area is 83.2 Å². The third kappa shape index (κ3) is 3.00. The second-order valence-electron chi connectivity index (χ2n) is 3.22. The van der Waals surface area contributed by atoms with E-state index in [0.717, 1.165) is 0 Å². The Morgan fingerprint density at radius 2 is 2.07 bits per heavy atom. The Balaban J connectivity index is 2.59. The molecule has 0 N–H and O–H groups in total. The quantitative estimate of drug-likeness (QED) is 0.594. The van der Waals surface area contributed by atoms with E-state index in [1.54, 1.807) is 6.07 Å². The summed E-state index contributed by atoms with van der Waals surface area (Å²) >= 11 is 0. The van der Waals surface area contributed by atoms with Crippen LogP contribution in [-0.2, 0) is 14.6 Å². The van der Waals surface area contributed by atoms with Crippen LogP contribution in [0.15, 0.2) is 0 Å². The van der Waals surface area contributed by atoms with Gasteiger partial charge in [-0.15, -0.1) is 0 Å². The SMILES string of the molecule is N#CCC(=O)N1CCCS(=O)(=O)CC1. The van der Waals surface area contributed by atoms with Crippen molar-refractivity contribution in [2.45, 2.75) is 12.8 Å². The van der Waals surface area contributed by atoms with E-state index in [9.17, 15) is 13.2 Å². The van der Waals surface area contributed by atoms with Crippen molar-refractivity contribution in [2.24, 2.45) is 0 Å². The van der Waals surface area contributed by atoms with Crippen LogP contribution in [0, 0.1) is 11.3 Å². The zero-order valence-electron chi connectivity index (χ0n) is 7.77. The Morgan fingerprint density at radius 1 is 1.36 bits per heavy atom. The normalized spacial score (nSPS) is 20.9. The van der Waals surface area contributed by atoms with Gasteiger partial charge in [0.25, 0.3) is 0 Å². The van der Waals surface area contributed by atoms with Gasteiger partial charge in [-0.25, -0.2) is 8.42 Å². The van der Waals surface area contributed by atoms with Crippen LogP contribution in [-0.4, -0.2) is 43.8 Å². The summed E-state index contributed by atoms with van der Waals surface area (Å²) in [7, 11) is -2.98. The van der Waals surface area contributed by atoms with Crippen LogP contribution in [0.5, 0.6) is 0 Å². The van der Waals surface area contributed by atoms with E-state index in [-0.39, 0.29) is 30.4 Å². The Bertz CT molecular complexity index is 355. The fourth-order valence-corrected chi connectivity index (χ4v) is 2.64. The molecule has 1 rings (SSSR count). The van der Waals surface area contributed by atoms with Crippen LogP contribution in [0.25, 0.3) is 0 Å². The number of carbonyl (C=O) groups excluding carboxylic acids is 1. The van der Waals surface area contributed by atoms with Gasteiger partial charge >= 0.3 is 0 Å². The molecule has 1 heterocycles. The fourth-order valence-electron chi connectivity index (χ4n) is 1.37. The van der Waals surface area contributed by atoms with E-state index < -0.39 is 9.84 Å². The lowest BCUT2D eigenvalue weighted by molar-refractivity contribution is -0.129. The lowest BCUT2D eigenvalue weighted by Gasteiger charge is -2.17. The van der Waals surface area contributed by atoms with E-state index in [4.69, 9.17) is 5.26 Å². The van der Waals surface area contributed by atoms with Gasteiger partial charge in [0.2, 0.25) is 5.91 Å². The van der Waals surface area contributed by atoms with Gasteiger partial charge in [0.1, 0.15) is 6.42 Å². The molecule has 1 aliphatic heterocycles. The van der Waals surface area contributed by atoms with Crippen LogP contribution in [0.2, 0.25) is 0 Å². The second-order valence-corrected chi connectivity index (χ2v) is 5.52. The molecule has 0 unspecified atom stereocenters. The molecular weight excluding hydrogens is 204 g/mol. The molecule has 0 bridgehead atoms. The molecule has 0 atom stereocenters. The minimum absolute atomic E-state index is 0.0180. The molecule has 0 aliphatic carbocycles. The van der Waals surface area contributed by atoms with Crippen LogP contribution in [0.4, 0.5) is 0 Å². The summed E-state index contributed by atoms with van der Waals surface area (Å²) in [6.45, 7) is 0.669. The molecule has 78 valence electrons. The summed E-state index contributed by atoms with van der Waals surface area (Å²) in [5, 5.41) is 8.32. The van der Waals surface area contributed by atoms with Crippen molar-refractivity contribution in [1.82, 2.24) is 4.90 Å². The molecule has 1 saturated heterocycles. The fraction of sp³-hybridized carbons (Fsp3) is 0.750. The first-order valence-corrected chi connectivity index (χ1v) is 6.22. The van der Waals surface area contributed by atoms with Gasteiger partial charge in [0.15, 0.2) is 9.84 Å². The van der Waals surface area contributed by atoms with Gasteiger partial charge in [0, 0.05) is 13.1 Å². The summed E-state index contributed by atoms with van der Waals surface area (Å²) in [4.78, 5) is 12.7. The van der Waals surface area contributed by atoms with Gasteiger partial charge in [0.05, 0.1) is 17.6 Å². The van der Waals surface area contributed by atoms with Crippen LogP contribution in [0.1, 0.15) is 12.8 Å². The van der Waals surface area contributed by atoms with Crippen molar-refractivity contribution in [3.63, 3.8) is 0 Å². The zero-order chi connectivity index (χ0) is 10.6. The topological polar surface area (TPSA) is 78.2 Å². The molecule has 0 saturated carbocycles. The number of rotatable bonds is 1. The maximum Gasteiger partial charge on any atom is 0.236 e. The second kappa shape index (κ2) is 4.42. The molecule has 1 fully saturated rings. The largest absolute Gasteiger partial charge is 0.341 e. The van der Waals surface area contributed by atoms with Gasteiger partial charge in [-0.05, 0) is 6.42 Å². The van der Waals surface area contributed by atoms with E-state index in [1.807, 2.05) is 0 Å². The zero-order valence-corrected chi connectivity index (χ0v) is 8.59. The number of sulfone groups is 1. The van der Waals surface area contributed by atoms with Crippen molar-refractivity contribution in [3.05, 3.63) is 0 Å². The summed E-state index contributed by atoms with van der Waals surface area (Å²) < 4.78 is 22.4. The first-order valence-electron chi connectivity index (χ1n) is 4.40. The number of hydrogen-bond acceptors (Lipinski definition) is 4. The van der Waals surface area contributed by atoms with Crippen LogP contribution in [0.3, 0.4) is 0 Å². The van der Waals surface area contributed by atoms with Gasteiger partial charge < -0.3 is 4.90 Å². The van der Waals surface area contributed by atoms with E-state index in [0.29, 0.717) is 13.0 Å². The first-order chi connectivity index (χ1) is 6.55. The van der Waals surface area contributed by atoms with Crippen molar-refractivity contribution in [2.75, 3.05) is 24.6 Å². The average Bonchev–Trinajstić information content (AvgIpc) is 2.27. The molecule has 0 aromatic rings. The third-order valence-corrected chi connectivity index (χ3v) is 3.85. The summed E-state index contributed by atoms with van der Waals surface area (Å²) in [6.07, 6.45) is 0.305. The molecule has 6 heteroatoms. The molecule has 5 nitrogen and oxygen atoms in total. The molecule has 1 aliphatic rings. The highest BCUT2D eigenvalue weighted by atomic mass is 32.2. The number of carbonyl (C=O) groups is 1. The monoisotopic (exact) mass is 216 g/mol. The lowest BCUT2D eigenvalue weighted by Crippen LogP contribution is -2.33. The molecule has 1 amide bonds. The molecule has 14 heavy (non-hydrogen) atoms. The number of nitrogens with zero attached hydrogens (tertiary/aromatic N) is 2. The van der Waals surface area contributed by atoms with Crippen molar-refractivity contribution in [3.8, 4) is 6.07 Å². The highest BCUT2D eigenvalue weighted by Gasteiger charge is 2.21. The Hall–Kier alpha value is -1.09. The molecule has 0 radical (unpaired) electrons. The summed E-state index contributed by atoms with van der Waals surface area (Å²) in [5.74, 6) is -0.113. The minimum Gasteiger partial charge on any atom is -0.341 e. The van der Waals surface area contributed by atoms with Crippen molar-refractivity contribution in [1.29, 1.82) is 5.26 Å². The minimum atomic E-state index is -2.98. The van der Waals surface area contributed by atoms with Crippen LogP contribution >= 0.6 is 0 Å². The highest BCUT2D eigenvalue weighted by molar-refractivity contribution is 7.91. The lowest BCUT2D eigenvalue weighted by atomic mass is 10.3. The molecule has 0 aromatic heterocycles. The van der Waals surface area contributed by atoms with E-state index >= 15 is 0 Å². The van der Waals surface area contributed by atoms with E-state index in [1.165, 1.54) is 4.90 Å². The smallest absolute Gasteiger partial charge is 0.236 e. The average molecular weight is 216 g/mol. The number of hydrogen-bond donors (Lipinski definition) is 0. The highest BCUT2D eigenvalue weighted by Crippen LogP contribution is 2.06. The maximum absolute atomic E-state index is 11.3. The van der Waals surface area contributed by atoms with Crippen LogP contribution < -0.4 is 0 Å². The molecule has 0 spiro atoms.